The number of rotatable bonds is 3. The average Bonchev–Trinajstić information content (AvgIpc) is 1.66. The van der Waals surface area contributed by atoms with Crippen molar-refractivity contribution < 1.29 is 9.63 Å². The Labute approximate surface area is 48.0 Å². The predicted molar refractivity (Wildman–Crippen MR) is 27.9 cm³/mol. The largest absolute Gasteiger partial charge is 0.357 e. The van der Waals surface area contributed by atoms with Crippen LogP contribution in [0.5, 0.6) is 0 Å². The van der Waals surface area contributed by atoms with Crippen molar-refractivity contribution in [3.05, 3.63) is 0 Å². The van der Waals surface area contributed by atoms with Crippen LogP contribution in [0.1, 0.15) is 13.3 Å². The summed E-state index contributed by atoms with van der Waals surface area (Å²) in [5.41, 5.74) is 8.16. The maximum Gasteiger partial charge on any atom is 0.357 e. The summed E-state index contributed by atoms with van der Waals surface area (Å²) in [4.78, 5) is 14.2. The summed E-state index contributed by atoms with van der Waals surface area (Å²) in [6, 6.07) is -0.904. The van der Waals surface area contributed by atoms with Crippen LogP contribution in [0.25, 0.3) is 0 Å². The minimum atomic E-state index is -0.904. The SMILES string of the molecule is CCCONC([NH])=O. The van der Waals surface area contributed by atoms with E-state index in [0.717, 1.165) is 6.42 Å². The Morgan fingerprint density at radius 2 is 2.50 bits per heavy atom. The lowest BCUT2D eigenvalue weighted by Crippen LogP contribution is -2.22. The first kappa shape index (κ1) is 7.23. The van der Waals surface area contributed by atoms with Crippen molar-refractivity contribution >= 4 is 6.03 Å². The van der Waals surface area contributed by atoms with Gasteiger partial charge in [-0.15, -0.1) is 0 Å². The summed E-state index contributed by atoms with van der Waals surface area (Å²) in [5, 5.41) is 0. The molecule has 0 unspecified atom stereocenters. The Bertz CT molecular complexity index is 74.4. The molecule has 0 aromatic heterocycles. The molecule has 0 heterocycles. The molecule has 0 saturated heterocycles. The molecule has 0 aliphatic carbocycles. The van der Waals surface area contributed by atoms with Crippen molar-refractivity contribution in [3.8, 4) is 0 Å². The van der Waals surface area contributed by atoms with E-state index >= 15 is 0 Å². The van der Waals surface area contributed by atoms with E-state index in [9.17, 15) is 4.79 Å². The van der Waals surface area contributed by atoms with Gasteiger partial charge in [0.25, 0.3) is 0 Å². The van der Waals surface area contributed by atoms with Crippen molar-refractivity contribution in [1.82, 2.24) is 11.2 Å². The highest BCUT2D eigenvalue weighted by atomic mass is 16.7. The van der Waals surface area contributed by atoms with E-state index in [2.05, 4.69) is 4.84 Å². The van der Waals surface area contributed by atoms with Crippen LogP contribution in [0.3, 0.4) is 0 Å². The van der Waals surface area contributed by atoms with E-state index < -0.39 is 6.03 Å². The molecular weight excluding hydrogens is 108 g/mol. The zero-order valence-electron chi connectivity index (χ0n) is 4.73. The van der Waals surface area contributed by atoms with Crippen molar-refractivity contribution in [2.45, 2.75) is 13.3 Å². The van der Waals surface area contributed by atoms with Crippen LogP contribution >= 0.6 is 0 Å². The molecular formula is C4H9N2O2. The molecule has 0 rings (SSSR count). The number of carbonyl (C=O) groups excluding carboxylic acids is 1. The Morgan fingerprint density at radius 3 is 2.88 bits per heavy atom. The van der Waals surface area contributed by atoms with E-state index in [1.165, 1.54) is 0 Å². The molecule has 0 bridgehead atoms. The summed E-state index contributed by atoms with van der Waals surface area (Å²) < 4.78 is 0. The summed E-state index contributed by atoms with van der Waals surface area (Å²) in [6.45, 7) is 2.38. The second-order valence-electron chi connectivity index (χ2n) is 1.28. The maximum absolute atomic E-state index is 9.75. The molecule has 0 aromatic carbocycles. The predicted octanol–water partition coefficient (Wildman–Crippen LogP) is 0.321. The molecule has 1 radical (unpaired) electrons. The first-order valence-corrected chi connectivity index (χ1v) is 2.40. The topological polar surface area (TPSA) is 62.1 Å². The first-order chi connectivity index (χ1) is 3.77. The van der Waals surface area contributed by atoms with Crippen LogP contribution in [0, 0.1) is 0 Å². The Hall–Kier alpha value is -0.770. The maximum atomic E-state index is 9.75. The van der Waals surface area contributed by atoms with Gasteiger partial charge in [0.05, 0.1) is 6.61 Å². The van der Waals surface area contributed by atoms with Crippen molar-refractivity contribution in [2.24, 2.45) is 0 Å². The molecule has 8 heavy (non-hydrogen) atoms. The third-order valence-electron chi connectivity index (χ3n) is 0.471. The number of carbonyl (C=O) groups is 1. The van der Waals surface area contributed by atoms with Gasteiger partial charge >= 0.3 is 6.03 Å². The highest BCUT2D eigenvalue weighted by Gasteiger charge is 1.87. The molecule has 4 heteroatoms. The van der Waals surface area contributed by atoms with Gasteiger partial charge in [0.15, 0.2) is 0 Å². The highest BCUT2D eigenvalue weighted by molar-refractivity contribution is 5.69. The van der Waals surface area contributed by atoms with E-state index in [1.807, 2.05) is 12.4 Å². The monoisotopic (exact) mass is 117 g/mol. The zero-order valence-corrected chi connectivity index (χ0v) is 4.73. The number of hydrogen-bond donors (Lipinski definition) is 1. The minimum absolute atomic E-state index is 0.463. The van der Waals surface area contributed by atoms with Gasteiger partial charge in [-0.25, -0.2) is 16.0 Å². The third kappa shape index (κ3) is 5.23. The lowest BCUT2D eigenvalue weighted by atomic mass is 10.5. The summed E-state index contributed by atoms with van der Waals surface area (Å²) in [5.74, 6) is 0. The molecule has 0 spiro atoms. The molecule has 4 nitrogen and oxygen atoms in total. The fourth-order valence-electron chi connectivity index (χ4n) is 0.219. The number of hydroxylamine groups is 1. The average molecular weight is 117 g/mol. The zero-order chi connectivity index (χ0) is 6.41. The second kappa shape index (κ2) is 4.39. The molecule has 2 amide bonds. The van der Waals surface area contributed by atoms with Crippen LogP contribution < -0.4 is 11.2 Å². The van der Waals surface area contributed by atoms with Gasteiger partial charge in [0.2, 0.25) is 0 Å². The van der Waals surface area contributed by atoms with E-state index in [-0.39, 0.29) is 0 Å². The van der Waals surface area contributed by atoms with Gasteiger partial charge in [-0.3, -0.25) is 4.84 Å². The van der Waals surface area contributed by atoms with E-state index in [4.69, 9.17) is 5.73 Å². The number of amides is 2. The number of nitrogens with one attached hydrogen (secondary N) is 2. The Balaban J connectivity index is 2.82. The van der Waals surface area contributed by atoms with E-state index in [1.54, 1.807) is 0 Å². The Kier molecular flexibility index (Phi) is 3.97. The Morgan fingerprint density at radius 1 is 1.88 bits per heavy atom. The summed E-state index contributed by atoms with van der Waals surface area (Å²) >= 11 is 0. The lowest BCUT2D eigenvalue weighted by molar-refractivity contribution is 0.0643. The van der Waals surface area contributed by atoms with Gasteiger partial charge in [-0.1, -0.05) is 6.92 Å². The molecule has 0 aromatic rings. The van der Waals surface area contributed by atoms with Crippen LogP contribution in [-0.4, -0.2) is 12.6 Å². The molecule has 0 saturated carbocycles. The number of hydrogen-bond acceptors (Lipinski definition) is 2. The summed E-state index contributed by atoms with van der Waals surface area (Å²) in [6.07, 6.45) is 0.834. The lowest BCUT2D eigenvalue weighted by Gasteiger charge is -1.96. The van der Waals surface area contributed by atoms with Crippen LogP contribution in [0.15, 0.2) is 0 Å². The molecule has 47 valence electrons. The quantitative estimate of drug-likeness (QED) is 0.427. The fraction of sp³-hybridized carbons (Fsp3) is 0.750. The van der Waals surface area contributed by atoms with Gasteiger partial charge in [-0.2, -0.15) is 0 Å². The van der Waals surface area contributed by atoms with Crippen molar-refractivity contribution in [3.63, 3.8) is 0 Å². The van der Waals surface area contributed by atoms with Crippen LogP contribution in [0.2, 0.25) is 0 Å². The number of urea groups is 1. The van der Waals surface area contributed by atoms with Gasteiger partial charge in [0.1, 0.15) is 0 Å². The van der Waals surface area contributed by atoms with E-state index in [0.29, 0.717) is 6.61 Å². The van der Waals surface area contributed by atoms with Crippen LogP contribution in [0.4, 0.5) is 4.79 Å². The van der Waals surface area contributed by atoms with Gasteiger partial charge in [-0.05, 0) is 6.42 Å². The van der Waals surface area contributed by atoms with Crippen LogP contribution in [-0.2, 0) is 4.84 Å². The minimum Gasteiger partial charge on any atom is -0.272 e. The second-order valence-corrected chi connectivity index (χ2v) is 1.28. The normalized spacial score (nSPS) is 8.62. The van der Waals surface area contributed by atoms with Gasteiger partial charge in [0, 0.05) is 0 Å². The van der Waals surface area contributed by atoms with Gasteiger partial charge < -0.3 is 0 Å². The fourth-order valence-corrected chi connectivity index (χ4v) is 0.219. The first-order valence-electron chi connectivity index (χ1n) is 2.40. The molecule has 0 atom stereocenters. The molecule has 0 aliphatic heterocycles. The van der Waals surface area contributed by atoms with Crippen molar-refractivity contribution in [1.29, 1.82) is 0 Å². The molecule has 2 N–H and O–H groups in total. The van der Waals surface area contributed by atoms with Crippen molar-refractivity contribution in [2.75, 3.05) is 6.61 Å². The third-order valence-corrected chi connectivity index (χ3v) is 0.471. The molecule has 0 fully saturated rings. The molecule has 0 aliphatic rings. The highest BCUT2D eigenvalue weighted by Crippen LogP contribution is 1.73. The standard InChI is InChI=1S/C4H9N2O2/c1-2-3-8-6-4(5)7/h5H,2-3H2,1H3,(H,6,7). The summed E-state index contributed by atoms with van der Waals surface area (Å²) in [7, 11) is 0. The smallest absolute Gasteiger partial charge is 0.272 e.